The van der Waals surface area contributed by atoms with Crippen LogP contribution >= 0.6 is 0 Å². The maximum Gasteiger partial charge on any atom is 0.165 e. The Bertz CT molecular complexity index is 1330. The molecule has 4 heterocycles. The van der Waals surface area contributed by atoms with Gasteiger partial charge in [0.15, 0.2) is 11.6 Å². The fourth-order valence-corrected chi connectivity index (χ4v) is 4.66. The van der Waals surface area contributed by atoms with Crippen LogP contribution in [0, 0.1) is 19.7 Å². The summed E-state index contributed by atoms with van der Waals surface area (Å²) in [6.07, 6.45) is 5.28. The van der Waals surface area contributed by atoms with Crippen LogP contribution in [0.3, 0.4) is 0 Å². The van der Waals surface area contributed by atoms with E-state index in [4.69, 9.17) is 4.74 Å². The largest absolute Gasteiger partial charge is 0.484 e. The van der Waals surface area contributed by atoms with Gasteiger partial charge in [0.05, 0.1) is 29.3 Å². The van der Waals surface area contributed by atoms with Crippen LogP contribution in [0.2, 0.25) is 0 Å². The summed E-state index contributed by atoms with van der Waals surface area (Å²) in [5.41, 5.74) is 4.86. The van der Waals surface area contributed by atoms with Gasteiger partial charge in [-0.05, 0) is 51.3 Å². The van der Waals surface area contributed by atoms with Crippen LogP contribution in [-0.2, 0) is 6.54 Å². The monoisotopic (exact) mass is 473 g/mol. The molecule has 0 amide bonds. The van der Waals surface area contributed by atoms with Crippen LogP contribution in [0.15, 0.2) is 35.7 Å². The van der Waals surface area contributed by atoms with Crippen molar-refractivity contribution >= 4 is 17.3 Å². The minimum Gasteiger partial charge on any atom is -0.484 e. The van der Waals surface area contributed by atoms with Gasteiger partial charge in [-0.1, -0.05) is 0 Å². The molecule has 8 nitrogen and oxygen atoms in total. The molecule has 3 aromatic rings. The van der Waals surface area contributed by atoms with Gasteiger partial charge >= 0.3 is 0 Å². The summed E-state index contributed by atoms with van der Waals surface area (Å²) in [5.74, 6) is 1.78. The maximum atomic E-state index is 14.6. The number of halogens is 1. The average molecular weight is 474 g/mol. The molecule has 0 N–H and O–H groups in total. The number of aromatic nitrogens is 4. The Kier molecular flexibility index (Phi) is 5.16. The number of benzene rings is 1. The number of piperazine rings is 1. The lowest BCUT2D eigenvalue weighted by atomic mass is 10.0. The molecule has 0 bridgehead atoms. The molecule has 6 rings (SSSR count). The number of rotatable bonds is 5. The predicted molar refractivity (Wildman–Crippen MR) is 132 cm³/mol. The topological polar surface area (TPSA) is 79.6 Å². The molecule has 1 aliphatic carbocycles. The van der Waals surface area contributed by atoms with E-state index in [1.54, 1.807) is 24.7 Å². The minimum atomic E-state index is -0.330. The van der Waals surface area contributed by atoms with Crippen molar-refractivity contribution in [3.63, 3.8) is 0 Å². The summed E-state index contributed by atoms with van der Waals surface area (Å²) < 4.78 is 20.6. The normalized spacial score (nSPS) is 18.3. The van der Waals surface area contributed by atoms with Crippen LogP contribution in [0.25, 0.3) is 0 Å². The van der Waals surface area contributed by atoms with Gasteiger partial charge in [-0.15, -0.1) is 0 Å². The smallest absolute Gasteiger partial charge is 0.165 e. The Hall–Kier alpha value is -3.62. The molecular weight excluding hydrogens is 445 g/mol. The molecule has 0 radical (unpaired) electrons. The Balaban J connectivity index is 1.21. The first-order valence-electron chi connectivity index (χ1n) is 12.1. The van der Waals surface area contributed by atoms with Crippen molar-refractivity contribution < 1.29 is 9.13 Å². The van der Waals surface area contributed by atoms with E-state index >= 15 is 0 Å². The van der Waals surface area contributed by atoms with E-state index in [1.165, 1.54) is 0 Å². The number of ether oxygens (including phenoxy) is 1. The second kappa shape index (κ2) is 8.25. The molecule has 2 aliphatic heterocycles. The standard InChI is InChI=1S/C26H28FN7O/c1-16-13-28-17(2)25(32-16)34-8-6-33(7-9-34)23-12-21(30-15-31-23)24-19-11-22(35-26(3)4-5-26)20(27)10-18(19)14-29-24/h10-13,15H,4-9,14H2,1-3H3. The fraction of sp³-hybridized carbons (Fsp3) is 0.423. The zero-order chi connectivity index (χ0) is 24.2. The van der Waals surface area contributed by atoms with Crippen molar-refractivity contribution in [1.82, 2.24) is 19.9 Å². The second-order valence-corrected chi connectivity index (χ2v) is 9.81. The molecule has 1 saturated carbocycles. The van der Waals surface area contributed by atoms with Crippen molar-refractivity contribution in [1.29, 1.82) is 0 Å². The molecule has 9 heteroatoms. The molecule has 1 saturated heterocycles. The van der Waals surface area contributed by atoms with Crippen LogP contribution in [0.1, 0.15) is 48.0 Å². The Labute approximate surface area is 203 Å². The van der Waals surface area contributed by atoms with E-state index in [0.29, 0.717) is 12.3 Å². The SMILES string of the molecule is Cc1cnc(C)c(N2CCN(c3cc(C4=NCc5cc(F)c(OC6(C)CC6)cc54)ncn3)CC2)n1. The molecule has 3 aliphatic rings. The van der Waals surface area contributed by atoms with E-state index in [1.807, 2.05) is 26.8 Å². The van der Waals surface area contributed by atoms with Crippen LogP contribution in [0.4, 0.5) is 16.0 Å². The first-order valence-corrected chi connectivity index (χ1v) is 12.1. The summed E-state index contributed by atoms with van der Waals surface area (Å²) >= 11 is 0. The molecule has 0 spiro atoms. The summed E-state index contributed by atoms with van der Waals surface area (Å²) in [5, 5.41) is 0. The van der Waals surface area contributed by atoms with Gasteiger partial charge < -0.3 is 14.5 Å². The van der Waals surface area contributed by atoms with Gasteiger partial charge in [-0.3, -0.25) is 9.98 Å². The summed E-state index contributed by atoms with van der Waals surface area (Å²) in [6.45, 7) is 9.72. The zero-order valence-electron chi connectivity index (χ0n) is 20.3. The number of fused-ring (bicyclic) bond motifs is 1. The predicted octanol–water partition coefficient (Wildman–Crippen LogP) is 3.63. The highest BCUT2D eigenvalue weighted by molar-refractivity contribution is 6.14. The fourth-order valence-electron chi connectivity index (χ4n) is 4.66. The van der Waals surface area contributed by atoms with Gasteiger partial charge in [0, 0.05) is 44.0 Å². The molecule has 2 fully saturated rings. The van der Waals surface area contributed by atoms with Gasteiger partial charge in [-0.25, -0.2) is 19.3 Å². The highest BCUT2D eigenvalue weighted by atomic mass is 19.1. The van der Waals surface area contributed by atoms with Crippen LogP contribution in [-0.4, -0.2) is 57.4 Å². The van der Waals surface area contributed by atoms with E-state index in [9.17, 15) is 4.39 Å². The lowest BCUT2D eigenvalue weighted by molar-refractivity contribution is 0.191. The highest BCUT2D eigenvalue weighted by Gasteiger charge is 2.41. The maximum absolute atomic E-state index is 14.6. The number of hydrogen-bond acceptors (Lipinski definition) is 8. The van der Waals surface area contributed by atoms with Crippen molar-refractivity contribution in [3.8, 4) is 5.75 Å². The van der Waals surface area contributed by atoms with Gasteiger partial charge in [0.2, 0.25) is 0 Å². The Morgan fingerprint density at radius 2 is 1.74 bits per heavy atom. The van der Waals surface area contributed by atoms with Crippen molar-refractivity contribution in [2.45, 2.75) is 45.8 Å². The van der Waals surface area contributed by atoms with Gasteiger partial charge in [0.25, 0.3) is 0 Å². The van der Waals surface area contributed by atoms with Crippen molar-refractivity contribution in [2.24, 2.45) is 4.99 Å². The van der Waals surface area contributed by atoms with Gasteiger partial charge in [-0.2, -0.15) is 0 Å². The third-order valence-electron chi connectivity index (χ3n) is 6.98. The van der Waals surface area contributed by atoms with Crippen molar-refractivity contribution in [3.05, 3.63) is 64.7 Å². The highest BCUT2D eigenvalue weighted by Crippen LogP contribution is 2.41. The average Bonchev–Trinajstić information content (AvgIpc) is 3.45. The van der Waals surface area contributed by atoms with Gasteiger partial charge in [0.1, 0.15) is 23.6 Å². The molecule has 0 unspecified atom stereocenters. The number of aryl methyl sites for hydroxylation is 2. The molecule has 2 aromatic heterocycles. The molecule has 1 aromatic carbocycles. The van der Waals surface area contributed by atoms with Crippen LogP contribution in [0.5, 0.6) is 5.75 Å². The van der Waals surface area contributed by atoms with E-state index in [0.717, 1.165) is 84.6 Å². The van der Waals surface area contributed by atoms with E-state index in [-0.39, 0.29) is 11.4 Å². The second-order valence-electron chi connectivity index (χ2n) is 9.81. The Morgan fingerprint density at radius 3 is 2.51 bits per heavy atom. The molecule has 0 atom stereocenters. The number of nitrogens with zero attached hydrogens (tertiary/aromatic N) is 7. The Morgan fingerprint density at radius 1 is 0.971 bits per heavy atom. The number of hydrogen-bond donors (Lipinski definition) is 0. The summed E-state index contributed by atoms with van der Waals surface area (Å²) in [6, 6.07) is 5.31. The first-order chi connectivity index (χ1) is 16.9. The lowest BCUT2D eigenvalue weighted by Crippen LogP contribution is -2.47. The summed E-state index contributed by atoms with van der Waals surface area (Å²) in [4.78, 5) is 27.4. The third kappa shape index (κ3) is 4.19. The molecular formula is C26H28FN7O. The van der Waals surface area contributed by atoms with E-state index < -0.39 is 0 Å². The molecule has 180 valence electrons. The minimum absolute atomic E-state index is 0.252. The number of anilines is 2. The van der Waals surface area contributed by atoms with E-state index in [2.05, 4.69) is 34.7 Å². The lowest BCUT2D eigenvalue weighted by Gasteiger charge is -2.36. The number of aliphatic imine (C=N–C) groups is 1. The quantitative estimate of drug-likeness (QED) is 0.560. The van der Waals surface area contributed by atoms with Crippen molar-refractivity contribution in [2.75, 3.05) is 36.0 Å². The molecule has 35 heavy (non-hydrogen) atoms. The van der Waals surface area contributed by atoms with Crippen LogP contribution < -0.4 is 14.5 Å². The third-order valence-corrected chi connectivity index (χ3v) is 6.98. The summed E-state index contributed by atoms with van der Waals surface area (Å²) in [7, 11) is 0. The zero-order valence-corrected chi connectivity index (χ0v) is 20.3. The first kappa shape index (κ1) is 21.9.